The summed E-state index contributed by atoms with van der Waals surface area (Å²) in [5.41, 5.74) is 7.24. The molecule has 0 radical (unpaired) electrons. The van der Waals surface area contributed by atoms with Crippen LogP contribution in [0.4, 0.5) is 0 Å². The predicted molar refractivity (Wildman–Crippen MR) is 138 cm³/mol. The number of esters is 1. The van der Waals surface area contributed by atoms with E-state index in [1.54, 1.807) is 24.3 Å². The number of rotatable bonds is 10. The van der Waals surface area contributed by atoms with E-state index in [0.717, 1.165) is 33.7 Å². The Bertz CT molecular complexity index is 1300. The Morgan fingerprint density at radius 2 is 1.51 bits per heavy atom. The lowest BCUT2D eigenvalue weighted by molar-refractivity contribution is -0.147. The zero-order valence-corrected chi connectivity index (χ0v) is 20.6. The fraction of sp³-hybridized carbons (Fsp3) is 0.172. The van der Waals surface area contributed by atoms with Crippen molar-refractivity contribution in [1.82, 2.24) is 10.6 Å². The Morgan fingerprint density at radius 3 is 2.08 bits per heavy atom. The number of ether oxygens (including phenoxy) is 2. The van der Waals surface area contributed by atoms with Gasteiger partial charge < -0.3 is 14.0 Å². The number of amides is 1. The highest BCUT2D eigenvalue weighted by Crippen LogP contribution is 2.18. The molecule has 0 fully saturated rings. The number of aryl methyl sites for hydroxylation is 2. The van der Waals surface area contributed by atoms with Crippen LogP contribution in [0.5, 0.6) is 5.75 Å². The molecule has 1 aromatic heterocycles. The van der Waals surface area contributed by atoms with Crippen LogP contribution < -0.4 is 10.2 Å². The molecule has 8 heteroatoms. The van der Waals surface area contributed by atoms with Crippen LogP contribution in [0.3, 0.4) is 0 Å². The zero-order chi connectivity index (χ0) is 26.0. The second kappa shape index (κ2) is 12.3. The fourth-order valence-corrected chi connectivity index (χ4v) is 3.57. The molecule has 0 saturated heterocycles. The Balaban J connectivity index is 1.27. The van der Waals surface area contributed by atoms with E-state index in [0.29, 0.717) is 18.1 Å². The topological polar surface area (TPSA) is 103 Å². The summed E-state index contributed by atoms with van der Waals surface area (Å²) in [6, 6.07) is 26.1. The van der Waals surface area contributed by atoms with Crippen LogP contribution in [0.2, 0.25) is 0 Å². The average Bonchev–Trinajstić information content (AvgIpc) is 3.25. The smallest absolute Gasteiger partial charge is 0.310 e. The van der Waals surface area contributed by atoms with Crippen LogP contribution in [0.25, 0.3) is 0 Å². The highest BCUT2D eigenvalue weighted by Gasteiger charge is 2.12. The molecule has 188 valence electrons. The van der Waals surface area contributed by atoms with Gasteiger partial charge >= 0.3 is 5.97 Å². The molecule has 0 atom stereocenters. The first-order valence-electron chi connectivity index (χ1n) is 11.8. The van der Waals surface area contributed by atoms with E-state index in [1.807, 2.05) is 74.5 Å². The van der Waals surface area contributed by atoms with Gasteiger partial charge in [0.15, 0.2) is 6.61 Å². The van der Waals surface area contributed by atoms with Gasteiger partial charge in [0.2, 0.25) is 0 Å². The number of carbonyl (C=O) groups excluding carboxylic acids is 2. The normalized spacial score (nSPS) is 10.4. The van der Waals surface area contributed by atoms with Crippen molar-refractivity contribution >= 4 is 17.6 Å². The quantitative estimate of drug-likeness (QED) is 0.196. The van der Waals surface area contributed by atoms with Crippen LogP contribution >= 0.6 is 0 Å². The molecule has 1 N–H and O–H groups in total. The van der Waals surface area contributed by atoms with Gasteiger partial charge in [-0.15, -0.1) is 0 Å². The molecular formula is C29H27N3O5. The molecule has 0 unspecified atom stereocenters. The lowest BCUT2D eigenvalue weighted by Crippen LogP contribution is -2.26. The molecule has 0 spiro atoms. The van der Waals surface area contributed by atoms with Crippen molar-refractivity contribution in [3.8, 4) is 5.75 Å². The lowest BCUT2D eigenvalue weighted by atomic mass is 10.0. The summed E-state index contributed by atoms with van der Waals surface area (Å²) < 4.78 is 16.1. The van der Waals surface area contributed by atoms with Gasteiger partial charge in [-0.1, -0.05) is 78.0 Å². The summed E-state index contributed by atoms with van der Waals surface area (Å²) in [5.74, 6) is 0.334. The number of hydrazone groups is 1. The Hall–Kier alpha value is -4.72. The predicted octanol–water partition coefficient (Wildman–Crippen LogP) is 4.52. The number of carbonyl (C=O) groups is 2. The summed E-state index contributed by atoms with van der Waals surface area (Å²) in [5, 5.41) is 8.20. The first-order valence-corrected chi connectivity index (χ1v) is 11.8. The van der Waals surface area contributed by atoms with Crippen molar-refractivity contribution < 1.29 is 23.6 Å². The third-order valence-electron chi connectivity index (χ3n) is 5.59. The van der Waals surface area contributed by atoms with Crippen molar-refractivity contribution in [2.45, 2.75) is 26.9 Å². The minimum absolute atomic E-state index is 0.0278. The van der Waals surface area contributed by atoms with Gasteiger partial charge in [-0.2, -0.15) is 5.10 Å². The van der Waals surface area contributed by atoms with Gasteiger partial charge in [-0.05, 0) is 31.5 Å². The molecule has 0 aliphatic carbocycles. The number of hydrogen-bond acceptors (Lipinski definition) is 7. The first-order chi connectivity index (χ1) is 18.0. The van der Waals surface area contributed by atoms with E-state index in [1.165, 1.54) is 0 Å². The number of nitrogens with one attached hydrogen (secondary N) is 1. The second-order valence-electron chi connectivity index (χ2n) is 8.30. The Kier molecular flexibility index (Phi) is 8.44. The van der Waals surface area contributed by atoms with Crippen LogP contribution in [0.1, 0.15) is 33.7 Å². The molecule has 1 heterocycles. The van der Waals surface area contributed by atoms with Crippen molar-refractivity contribution in [3.05, 3.63) is 119 Å². The largest absolute Gasteiger partial charge is 0.489 e. The van der Waals surface area contributed by atoms with Crippen molar-refractivity contribution in [1.29, 1.82) is 0 Å². The SMILES string of the molecule is Cc1noc(C)c1COc1ccc(CC(=O)OCC(=O)NN=C(c2ccccc2)c2ccccc2)cc1. The maximum Gasteiger partial charge on any atom is 0.310 e. The molecule has 0 saturated carbocycles. The summed E-state index contributed by atoms with van der Waals surface area (Å²) >= 11 is 0. The molecule has 0 aliphatic heterocycles. The minimum Gasteiger partial charge on any atom is -0.489 e. The average molecular weight is 498 g/mol. The number of nitrogens with zero attached hydrogens (tertiary/aromatic N) is 2. The molecule has 8 nitrogen and oxygen atoms in total. The highest BCUT2D eigenvalue weighted by atomic mass is 16.5. The van der Waals surface area contributed by atoms with Gasteiger partial charge in [0.25, 0.3) is 5.91 Å². The van der Waals surface area contributed by atoms with Gasteiger partial charge in [0.1, 0.15) is 18.1 Å². The molecule has 0 aliphatic rings. The summed E-state index contributed by atoms with van der Waals surface area (Å²) in [4.78, 5) is 24.6. The lowest BCUT2D eigenvalue weighted by Gasteiger charge is -2.09. The number of hydrogen-bond donors (Lipinski definition) is 1. The summed E-state index contributed by atoms with van der Waals surface area (Å²) in [6.45, 7) is 3.61. The minimum atomic E-state index is -0.527. The van der Waals surface area contributed by atoms with E-state index in [-0.39, 0.29) is 6.42 Å². The van der Waals surface area contributed by atoms with Crippen molar-refractivity contribution in [2.75, 3.05) is 6.61 Å². The molecule has 4 rings (SSSR count). The summed E-state index contributed by atoms with van der Waals surface area (Å²) in [6.07, 6.45) is 0.0278. The molecule has 0 bridgehead atoms. The fourth-order valence-electron chi connectivity index (χ4n) is 3.57. The summed E-state index contributed by atoms with van der Waals surface area (Å²) in [7, 11) is 0. The van der Waals surface area contributed by atoms with Crippen LogP contribution in [-0.2, 0) is 27.4 Å². The van der Waals surface area contributed by atoms with Crippen molar-refractivity contribution in [3.63, 3.8) is 0 Å². The van der Waals surface area contributed by atoms with E-state index in [4.69, 9.17) is 14.0 Å². The third-order valence-corrected chi connectivity index (χ3v) is 5.59. The van der Waals surface area contributed by atoms with Gasteiger partial charge in [0, 0.05) is 11.1 Å². The Labute approximate surface area is 214 Å². The highest BCUT2D eigenvalue weighted by molar-refractivity contribution is 6.13. The van der Waals surface area contributed by atoms with Gasteiger partial charge in [0.05, 0.1) is 23.4 Å². The zero-order valence-electron chi connectivity index (χ0n) is 20.6. The molecule has 37 heavy (non-hydrogen) atoms. The molecule has 4 aromatic rings. The standard InChI is InChI=1S/C29H27N3O5/c1-20-26(21(2)37-32-20)18-35-25-15-13-22(14-16-25)17-28(34)36-19-27(33)30-31-29(23-9-5-3-6-10-23)24-11-7-4-8-12-24/h3-16H,17-19H2,1-2H3,(H,30,33). The van der Waals surface area contributed by atoms with Crippen LogP contribution in [-0.4, -0.2) is 29.4 Å². The van der Waals surface area contributed by atoms with E-state index >= 15 is 0 Å². The maximum atomic E-state index is 12.3. The Morgan fingerprint density at radius 1 is 0.892 bits per heavy atom. The first kappa shape index (κ1) is 25.4. The maximum absolute atomic E-state index is 12.3. The van der Waals surface area contributed by atoms with Crippen molar-refractivity contribution in [2.24, 2.45) is 5.10 Å². The third kappa shape index (κ3) is 7.14. The van der Waals surface area contributed by atoms with E-state index < -0.39 is 18.5 Å². The van der Waals surface area contributed by atoms with Crippen LogP contribution in [0, 0.1) is 13.8 Å². The van der Waals surface area contributed by atoms with E-state index in [9.17, 15) is 9.59 Å². The van der Waals surface area contributed by atoms with E-state index in [2.05, 4.69) is 15.7 Å². The number of aromatic nitrogens is 1. The molecule has 3 aromatic carbocycles. The van der Waals surface area contributed by atoms with Crippen LogP contribution in [0.15, 0.2) is 94.6 Å². The molecular weight excluding hydrogens is 470 g/mol. The van der Waals surface area contributed by atoms with Gasteiger partial charge in [-0.3, -0.25) is 9.59 Å². The van der Waals surface area contributed by atoms with Gasteiger partial charge in [-0.25, -0.2) is 5.43 Å². The molecule has 1 amide bonds. The monoisotopic (exact) mass is 497 g/mol. The second-order valence-corrected chi connectivity index (χ2v) is 8.30. The number of benzene rings is 3.